The highest BCUT2D eigenvalue weighted by Gasteiger charge is 2.19. The summed E-state index contributed by atoms with van der Waals surface area (Å²) in [6.45, 7) is 4.69. The van der Waals surface area contributed by atoms with E-state index >= 15 is 0 Å². The highest BCUT2D eigenvalue weighted by Crippen LogP contribution is 2.24. The van der Waals surface area contributed by atoms with E-state index in [1.54, 1.807) is 18.5 Å². The SMILES string of the molecule is Clc1ccc(CN2CCN(c3cc(Oc4ccc(Cl)cc4)ncn3)CC2)cc1. The molecule has 0 saturated carbocycles. The summed E-state index contributed by atoms with van der Waals surface area (Å²) in [6, 6.07) is 17.1. The largest absolute Gasteiger partial charge is 0.439 e. The van der Waals surface area contributed by atoms with Crippen molar-refractivity contribution < 1.29 is 4.74 Å². The minimum absolute atomic E-state index is 0.524. The molecule has 0 spiro atoms. The van der Waals surface area contributed by atoms with Crippen molar-refractivity contribution in [1.29, 1.82) is 0 Å². The van der Waals surface area contributed by atoms with Crippen molar-refractivity contribution in [2.45, 2.75) is 6.54 Å². The number of hydrogen-bond donors (Lipinski definition) is 0. The molecule has 0 amide bonds. The third kappa shape index (κ3) is 4.93. The van der Waals surface area contributed by atoms with Crippen LogP contribution in [0.5, 0.6) is 11.6 Å². The maximum absolute atomic E-state index is 5.96. The fourth-order valence-electron chi connectivity index (χ4n) is 3.17. The van der Waals surface area contributed by atoms with Crippen LogP contribution >= 0.6 is 23.2 Å². The van der Waals surface area contributed by atoms with Crippen molar-refractivity contribution in [2.24, 2.45) is 0 Å². The Morgan fingerprint density at radius 1 is 0.821 bits per heavy atom. The lowest BCUT2D eigenvalue weighted by molar-refractivity contribution is 0.249. The summed E-state index contributed by atoms with van der Waals surface area (Å²) in [5.41, 5.74) is 1.28. The standard InChI is InChI=1S/C21H20Cl2N4O/c22-17-3-1-16(2-4-17)14-26-9-11-27(12-10-26)20-13-21(25-15-24-20)28-19-7-5-18(23)6-8-19/h1-8,13,15H,9-12,14H2. The van der Waals surface area contributed by atoms with E-state index in [1.165, 1.54) is 5.56 Å². The van der Waals surface area contributed by atoms with Gasteiger partial charge in [0.25, 0.3) is 0 Å². The Morgan fingerprint density at radius 2 is 1.46 bits per heavy atom. The van der Waals surface area contributed by atoms with Crippen molar-refractivity contribution in [3.05, 3.63) is 76.5 Å². The molecule has 3 aromatic rings. The Morgan fingerprint density at radius 3 is 2.14 bits per heavy atom. The molecule has 0 radical (unpaired) electrons. The third-order valence-electron chi connectivity index (χ3n) is 4.68. The number of hydrogen-bond acceptors (Lipinski definition) is 5. The van der Waals surface area contributed by atoms with Gasteiger partial charge in [-0.05, 0) is 42.0 Å². The molecule has 0 aliphatic carbocycles. The molecule has 0 atom stereocenters. The average molecular weight is 415 g/mol. The predicted octanol–water partition coefficient (Wildman–Crippen LogP) is 4.90. The van der Waals surface area contributed by atoms with Crippen LogP contribution in [0.15, 0.2) is 60.9 Å². The predicted molar refractivity (Wildman–Crippen MR) is 113 cm³/mol. The van der Waals surface area contributed by atoms with E-state index in [9.17, 15) is 0 Å². The molecular formula is C21H20Cl2N4O. The number of benzene rings is 2. The quantitative estimate of drug-likeness (QED) is 0.593. The number of halogens is 2. The minimum Gasteiger partial charge on any atom is -0.439 e. The van der Waals surface area contributed by atoms with Crippen LogP contribution < -0.4 is 9.64 Å². The van der Waals surface area contributed by atoms with E-state index < -0.39 is 0 Å². The number of piperazine rings is 1. The number of anilines is 1. The van der Waals surface area contributed by atoms with Gasteiger partial charge < -0.3 is 9.64 Å². The lowest BCUT2D eigenvalue weighted by Gasteiger charge is -2.35. The van der Waals surface area contributed by atoms with Crippen LogP contribution in [0.25, 0.3) is 0 Å². The van der Waals surface area contributed by atoms with Crippen LogP contribution in [0.4, 0.5) is 5.82 Å². The topological polar surface area (TPSA) is 41.5 Å². The molecule has 0 N–H and O–H groups in total. The molecule has 0 bridgehead atoms. The highest BCUT2D eigenvalue weighted by atomic mass is 35.5. The zero-order chi connectivity index (χ0) is 19.3. The molecule has 1 aromatic heterocycles. The van der Waals surface area contributed by atoms with Gasteiger partial charge >= 0.3 is 0 Å². The molecule has 5 nitrogen and oxygen atoms in total. The molecule has 144 valence electrons. The Bertz CT molecular complexity index is 910. The van der Waals surface area contributed by atoms with Crippen LogP contribution in [0, 0.1) is 0 Å². The molecule has 1 fully saturated rings. The monoisotopic (exact) mass is 414 g/mol. The summed E-state index contributed by atoms with van der Waals surface area (Å²) in [5, 5.41) is 1.45. The van der Waals surface area contributed by atoms with Crippen molar-refractivity contribution in [1.82, 2.24) is 14.9 Å². The van der Waals surface area contributed by atoms with Crippen molar-refractivity contribution in [3.63, 3.8) is 0 Å². The summed E-state index contributed by atoms with van der Waals surface area (Å²) in [4.78, 5) is 13.3. The maximum atomic E-state index is 5.96. The van der Waals surface area contributed by atoms with E-state index in [0.29, 0.717) is 16.7 Å². The van der Waals surface area contributed by atoms with E-state index in [0.717, 1.165) is 43.6 Å². The van der Waals surface area contributed by atoms with E-state index in [4.69, 9.17) is 27.9 Å². The van der Waals surface area contributed by atoms with Gasteiger partial charge in [0.1, 0.15) is 17.9 Å². The summed E-state index contributed by atoms with van der Waals surface area (Å²) in [5.74, 6) is 2.10. The first-order valence-electron chi connectivity index (χ1n) is 9.13. The van der Waals surface area contributed by atoms with Crippen LogP contribution in [-0.4, -0.2) is 41.0 Å². The second-order valence-corrected chi connectivity index (χ2v) is 7.53. The first-order valence-corrected chi connectivity index (χ1v) is 9.88. The fraction of sp³-hybridized carbons (Fsp3) is 0.238. The van der Waals surface area contributed by atoms with Gasteiger partial charge in [-0.2, -0.15) is 0 Å². The molecule has 1 aliphatic rings. The highest BCUT2D eigenvalue weighted by molar-refractivity contribution is 6.30. The van der Waals surface area contributed by atoms with E-state index in [1.807, 2.05) is 30.3 Å². The van der Waals surface area contributed by atoms with E-state index in [2.05, 4.69) is 31.9 Å². The number of nitrogens with zero attached hydrogens (tertiary/aromatic N) is 4. The summed E-state index contributed by atoms with van der Waals surface area (Å²) in [7, 11) is 0. The van der Waals surface area contributed by atoms with Gasteiger partial charge in [0.05, 0.1) is 0 Å². The summed E-state index contributed by atoms with van der Waals surface area (Å²) < 4.78 is 5.82. The molecular weight excluding hydrogens is 395 g/mol. The first kappa shape index (κ1) is 19.0. The van der Waals surface area contributed by atoms with Gasteiger partial charge in [-0.15, -0.1) is 0 Å². The first-order chi connectivity index (χ1) is 13.7. The van der Waals surface area contributed by atoms with Gasteiger partial charge in [-0.25, -0.2) is 9.97 Å². The lowest BCUT2D eigenvalue weighted by atomic mass is 10.2. The average Bonchev–Trinajstić information content (AvgIpc) is 2.72. The van der Waals surface area contributed by atoms with Crippen LogP contribution in [0.1, 0.15) is 5.56 Å². The Labute approximate surface area is 174 Å². The molecule has 7 heteroatoms. The molecule has 4 rings (SSSR count). The zero-order valence-corrected chi connectivity index (χ0v) is 16.8. The zero-order valence-electron chi connectivity index (χ0n) is 15.3. The molecule has 2 heterocycles. The normalized spacial score (nSPS) is 14.9. The second-order valence-electron chi connectivity index (χ2n) is 6.66. The molecule has 28 heavy (non-hydrogen) atoms. The summed E-state index contributed by atoms with van der Waals surface area (Å²) in [6.07, 6.45) is 1.54. The van der Waals surface area contributed by atoms with Crippen LogP contribution in [0.3, 0.4) is 0 Å². The molecule has 2 aromatic carbocycles. The van der Waals surface area contributed by atoms with Gasteiger partial charge in [0.2, 0.25) is 5.88 Å². The van der Waals surface area contributed by atoms with Crippen LogP contribution in [-0.2, 0) is 6.54 Å². The number of rotatable bonds is 5. The van der Waals surface area contributed by atoms with Gasteiger partial charge in [-0.3, -0.25) is 4.90 Å². The van der Waals surface area contributed by atoms with Crippen molar-refractivity contribution in [2.75, 3.05) is 31.1 Å². The fourth-order valence-corrected chi connectivity index (χ4v) is 3.42. The van der Waals surface area contributed by atoms with Gasteiger partial charge in [-0.1, -0.05) is 35.3 Å². The minimum atomic E-state index is 0.524. The maximum Gasteiger partial charge on any atom is 0.224 e. The van der Waals surface area contributed by atoms with Crippen molar-refractivity contribution >= 4 is 29.0 Å². The Hall–Kier alpha value is -2.34. The number of ether oxygens (including phenoxy) is 1. The lowest BCUT2D eigenvalue weighted by Crippen LogP contribution is -2.46. The summed E-state index contributed by atoms with van der Waals surface area (Å²) >= 11 is 11.9. The smallest absolute Gasteiger partial charge is 0.224 e. The molecule has 1 saturated heterocycles. The van der Waals surface area contributed by atoms with Crippen LogP contribution in [0.2, 0.25) is 10.0 Å². The number of aromatic nitrogens is 2. The second kappa shape index (κ2) is 8.78. The van der Waals surface area contributed by atoms with Gasteiger partial charge in [0.15, 0.2) is 0 Å². The Kier molecular flexibility index (Phi) is 5.95. The molecule has 1 aliphatic heterocycles. The third-order valence-corrected chi connectivity index (χ3v) is 5.18. The van der Waals surface area contributed by atoms with Crippen molar-refractivity contribution in [3.8, 4) is 11.6 Å². The Balaban J connectivity index is 1.35. The van der Waals surface area contributed by atoms with Gasteiger partial charge in [0, 0.05) is 48.8 Å². The molecule has 0 unspecified atom stereocenters. The van der Waals surface area contributed by atoms with E-state index in [-0.39, 0.29) is 0 Å².